The van der Waals surface area contributed by atoms with Gasteiger partial charge in [0.2, 0.25) is 5.88 Å². The van der Waals surface area contributed by atoms with E-state index in [0.717, 1.165) is 43.1 Å². The molecule has 0 fully saturated rings. The second-order valence-electron chi connectivity index (χ2n) is 4.96. The average molecular weight is 289 g/mol. The van der Waals surface area contributed by atoms with Gasteiger partial charge in [-0.05, 0) is 37.1 Å². The minimum atomic E-state index is 0.584. The van der Waals surface area contributed by atoms with Gasteiger partial charge in [-0.2, -0.15) is 5.10 Å². The molecule has 0 saturated carbocycles. The fourth-order valence-corrected chi connectivity index (χ4v) is 2.06. The van der Waals surface area contributed by atoms with Crippen LogP contribution in [-0.4, -0.2) is 16.4 Å². The van der Waals surface area contributed by atoms with Gasteiger partial charge in [0.05, 0.1) is 12.3 Å². The molecule has 0 bridgehead atoms. The van der Waals surface area contributed by atoms with Gasteiger partial charge in [0.1, 0.15) is 17.2 Å². The molecule has 1 heterocycles. The van der Waals surface area contributed by atoms with E-state index < -0.39 is 0 Å². The molecule has 0 atom stereocenters. The lowest BCUT2D eigenvalue weighted by Crippen LogP contribution is -1.97. The molecule has 0 unspecified atom stereocenters. The first-order valence-electron chi connectivity index (χ1n) is 7.37. The first kappa shape index (κ1) is 15.2. The van der Waals surface area contributed by atoms with Gasteiger partial charge in [0.25, 0.3) is 0 Å². The highest BCUT2D eigenvalue weighted by atomic mass is 16.5. The van der Waals surface area contributed by atoms with Gasteiger partial charge < -0.3 is 15.2 Å². The Balaban J connectivity index is 2.11. The molecule has 2 N–H and O–H groups in total. The summed E-state index contributed by atoms with van der Waals surface area (Å²) in [5.41, 5.74) is 7.60. The highest BCUT2D eigenvalue weighted by molar-refractivity contribution is 5.54. The SMILES string of the molecule is CCCOc1ccc(Oc2c(N)c(CCC)nn2C)cc1. The van der Waals surface area contributed by atoms with Crippen LogP contribution in [0, 0.1) is 0 Å². The second-order valence-corrected chi connectivity index (χ2v) is 4.96. The number of rotatable bonds is 7. The van der Waals surface area contributed by atoms with Gasteiger partial charge in [-0.15, -0.1) is 0 Å². The van der Waals surface area contributed by atoms with Crippen molar-refractivity contribution < 1.29 is 9.47 Å². The van der Waals surface area contributed by atoms with Crippen LogP contribution in [0.25, 0.3) is 0 Å². The number of anilines is 1. The Kier molecular flexibility index (Phi) is 5.09. The fourth-order valence-electron chi connectivity index (χ4n) is 2.06. The molecule has 21 heavy (non-hydrogen) atoms. The third-order valence-corrected chi connectivity index (χ3v) is 3.10. The predicted molar refractivity (Wildman–Crippen MR) is 83.9 cm³/mol. The van der Waals surface area contributed by atoms with Crippen molar-refractivity contribution in [2.45, 2.75) is 33.1 Å². The van der Waals surface area contributed by atoms with Gasteiger partial charge >= 0.3 is 0 Å². The Hall–Kier alpha value is -2.17. The normalized spacial score (nSPS) is 10.6. The molecular weight excluding hydrogens is 266 g/mol. The maximum absolute atomic E-state index is 6.10. The van der Waals surface area contributed by atoms with Crippen molar-refractivity contribution in [1.29, 1.82) is 0 Å². The minimum Gasteiger partial charge on any atom is -0.494 e. The van der Waals surface area contributed by atoms with Crippen LogP contribution in [0.15, 0.2) is 24.3 Å². The number of benzene rings is 1. The summed E-state index contributed by atoms with van der Waals surface area (Å²) in [6.07, 6.45) is 2.85. The van der Waals surface area contributed by atoms with Crippen LogP contribution in [0.5, 0.6) is 17.4 Å². The highest BCUT2D eigenvalue weighted by Crippen LogP contribution is 2.31. The van der Waals surface area contributed by atoms with E-state index in [0.29, 0.717) is 11.6 Å². The summed E-state index contributed by atoms with van der Waals surface area (Å²) in [7, 11) is 1.84. The summed E-state index contributed by atoms with van der Waals surface area (Å²) in [5, 5.41) is 4.40. The second kappa shape index (κ2) is 7.02. The molecule has 5 nitrogen and oxygen atoms in total. The molecule has 0 amide bonds. The molecule has 1 aromatic heterocycles. The zero-order valence-corrected chi connectivity index (χ0v) is 12.9. The number of nitrogens with two attached hydrogens (primary N) is 1. The Morgan fingerprint density at radius 1 is 1.10 bits per heavy atom. The van der Waals surface area contributed by atoms with Crippen LogP contribution in [0.2, 0.25) is 0 Å². The molecule has 2 rings (SSSR count). The third kappa shape index (κ3) is 3.68. The molecule has 1 aromatic carbocycles. The highest BCUT2D eigenvalue weighted by Gasteiger charge is 2.14. The van der Waals surface area contributed by atoms with Crippen LogP contribution in [0.1, 0.15) is 32.4 Å². The third-order valence-electron chi connectivity index (χ3n) is 3.10. The maximum Gasteiger partial charge on any atom is 0.241 e. The number of aromatic nitrogens is 2. The molecule has 2 aromatic rings. The summed E-state index contributed by atoms with van der Waals surface area (Å²) in [4.78, 5) is 0. The summed E-state index contributed by atoms with van der Waals surface area (Å²) in [5.74, 6) is 2.14. The summed E-state index contributed by atoms with van der Waals surface area (Å²) in [6, 6.07) is 7.53. The van der Waals surface area contributed by atoms with Crippen LogP contribution in [-0.2, 0) is 13.5 Å². The van der Waals surface area contributed by atoms with Crippen molar-refractivity contribution in [3.63, 3.8) is 0 Å². The number of nitrogens with zero attached hydrogens (tertiary/aromatic N) is 2. The molecule has 5 heteroatoms. The van der Waals surface area contributed by atoms with E-state index >= 15 is 0 Å². The summed E-state index contributed by atoms with van der Waals surface area (Å²) in [6.45, 7) is 4.90. The zero-order chi connectivity index (χ0) is 15.2. The Bertz CT molecular complexity index is 576. The van der Waals surface area contributed by atoms with Crippen LogP contribution < -0.4 is 15.2 Å². The summed E-state index contributed by atoms with van der Waals surface area (Å²) >= 11 is 0. The van der Waals surface area contributed by atoms with Gasteiger partial charge in [-0.3, -0.25) is 0 Å². The van der Waals surface area contributed by atoms with Crippen molar-refractivity contribution in [3.8, 4) is 17.4 Å². The van der Waals surface area contributed by atoms with Crippen molar-refractivity contribution >= 4 is 5.69 Å². The van der Waals surface area contributed by atoms with Crippen molar-refractivity contribution in [1.82, 2.24) is 9.78 Å². The zero-order valence-electron chi connectivity index (χ0n) is 12.9. The largest absolute Gasteiger partial charge is 0.494 e. The monoisotopic (exact) mass is 289 g/mol. The van der Waals surface area contributed by atoms with Gasteiger partial charge in [-0.1, -0.05) is 20.3 Å². The van der Waals surface area contributed by atoms with E-state index in [9.17, 15) is 0 Å². The molecule has 0 saturated heterocycles. The smallest absolute Gasteiger partial charge is 0.241 e. The van der Waals surface area contributed by atoms with Crippen LogP contribution in [0.4, 0.5) is 5.69 Å². The van der Waals surface area contributed by atoms with E-state index in [2.05, 4.69) is 18.9 Å². The molecule has 0 spiro atoms. The fraction of sp³-hybridized carbons (Fsp3) is 0.438. The molecule has 114 valence electrons. The Labute approximate surface area is 125 Å². The van der Waals surface area contributed by atoms with E-state index in [1.54, 1.807) is 4.68 Å². The number of hydrogen-bond donors (Lipinski definition) is 1. The maximum atomic E-state index is 6.10. The first-order valence-corrected chi connectivity index (χ1v) is 7.37. The molecular formula is C16H23N3O2. The average Bonchev–Trinajstić information content (AvgIpc) is 2.75. The van der Waals surface area contributed by atoms with E-state index in [1.807, 2.05) is 31.3 Å². The number of ether oxygens (including phenoxy) is 2. The van der Waals surface area contributed by atoms with Gasteiger partial charge in [0, 0.05) is 7.05 Å². The van der Waals surface area contributed by atoms with Crippen molar-refractivity contribution in [2.24, 2.45) is 7.05 Å². The molecule has 0 aliphatic rings. The van der Waals surface area contributed by atoms with Crippen LogP contribution >= 0.6 is 0 Å². The van der Waals surface area contributed by atoms with Crippen molar-refractivity contribution in [3.05, 3.63) is 30.0 Å². The van der Waals surface area contributed by atoms with Gasteiger partial charge in [-0.25, -0.2) is 4.68 Å². The van der Waals surface area contributed by atoms with E-state index in [1.165, 1.54) is 0 Å². The Morgan fingerprint density at radius 3 is 2.38 bits per heavy atom. The minimum absolute atomic E-state index is 0.584. The molecule has 0 aliphatic heterocycles. The number of hydrogen-bond acceptors (Lipinski definition) is 4. The topological polar surface area (TPSA) is 62.3 Å². The summed E-state index contributed by atoms with van der Waals surface area (Å²) < 4.78 is 13.1. The quantitative estimate of drug-likeness (QED) is 0.847. The van der Waals surface area contributed by atoms with Crippen molar-refractivity contribution in [2.75, 3.05) is 12.3 Å². The molecule has 0 aliphatic carbocycles. The number of nitrogen functional groups attached to an aromatic ring is 1. The molecule has 0 radical (unpaired) electrons. The van der Waals surface area contributed by atoms with E-state index in [4.69, 9.17) is 15.2 Å². The van der Waals surface area contributed by atoms with E-state index in [-0.39, 0.29) is 0 Å². The standard InChI is InChI=1S/C16H23N3O2/c1-4-6-14-15(17)16(19(3)18-14)21-13-9-7-12(8-10-13)20-11-5-2/h7-10H,4-6,11,17H2,1-3H3. The predicted octanol–water partition coefficient (Wildman–Crippen LogP) is 3.54. The lowest BCUT2D eigenvalue weighted by molar-refractivity contribution is 0.317. The lowest BCUT2D eigenvalue weighted by atomic mass is 10.2. The Morgan fingerprint density at radius 2 is 1.76 bits per heavy atom. The first-order chi connectivity index (χ1) is 10.2. The lowest BCUT2D eigenvalue weighted by Gasteiger charge is -2.08. The number of aryl methyl sites for hydroxylation is 2. The van der Waals surface area contributed by atoms with Crippen LogP contribution in [0.3, 0.4) is 0 Å². The van der Waals surface area contributed by atoms with Gasteiger partial charge in [0.15, 0.2) is 0 Å².